The summed E-state index contributed by atoms with van der Waals surface area (Å²) < 4.78 is 39.2. The first-order valence-corrected chi connectivity index (χ1v) is 9.38. The number of carbonyl (C=O) groups is 2. The van der Waals surface area contributed by atoms with Crippen molar-refractivity contribution in [3.8, 4) is 0 Å². The molecule has 2 rings (SSSR count). The van der Waals surface area contributed by atoms with Crippen molar-refractivity contribution >= 4 is 35.0 Å². The fourth-order valence-corrected chi connectivity index (χ4v) is 3.17. The van der Waals surface area contributed by atoms with Gasteiger partial charge in [-0.05, 0) is 24.3 Å². The van der Waals surface area contributed by atoms with Crippen molar-refractivity contribution in [3.05, 3.63) is 76.4 Å². The summed E-state index contributed by atoms with van der Waals surface area (Å²) in [5.74, 6) is -1.39. The minimum absolute atomic E-state index is 0.0980. The molecule has 30 heavy (non-hydrogen) atoms. The van der Waals surface area contributed by atoms with Crippen LogP contribution in [0.2, 0.25) is 0 Å². The number of nitrogens with one attached hydrogen (secondary N) is 2. The highest BCUT2D eigenvalue weighted by atomic mass is 32.2. The van der Waals surface area contributed by atoms with Gasteiger partial charge in [-0.3, -0.25) is 19.7 Å². The number of halogens is 3. The maximum Gasteiger partial charge on any atom is 0.418 e. The largest absolute Gasteiger partial charge is 0.418 e. The van der Waals surface area contributed by atoms with Gasteiger partial charge in [0, 0.05) is 18.2 Å². The Morgan fingerprint density at radius 2 is 1.90 bits per heavy atom. The Kier molecular flexibility index (Phi) is 7.59. The van der Waals surface area contributed by atoms with Gasteiger partial charge in [-0.2, -0.15) is 13.2 Å². The molecule has 0 saturated carbocycles. The zero-order valence-electron chi connectivity index (χ0n) is 15.4. The first kappa shape index (κ1) is 22.9. The standard InChI is InChI=1S/C19H16F3N3O4S/c1-2-9-23-17(26)11-30-16-8-7-12(10-15(16)25(28)29)18(27)24-14-6-4-3-5-13(14)19(20,21)22/h2-8,10H,1,9,11H2,(H,23,26)(H,24,27). The van der Waals surface area contributed by atoms with Crippen molar-refractivity contribution < 1.29 is 27.7 Å². The number of rotatable bonds is 8. The van der Waals surface area contributed by atoms with E-state index in [1.165, 1.54) is 30.3 Å². The topological polar surface area (TPSA) is 101 Å². The maximum absolute atomic E-state index is 13.1. The van der Waals surface area contributed by atoms with E-state index in [4.69, 9.17) is 0 Å². The SMILES string of the molecule is C=CCNC(=O)CSc1ccc(C(=O)Nc2ccccc2C(F)(F)F)cc1[N+](=O)[O-]. The summed E-state index contributed by atoms with van der Waals surface area (Å²) in [5, 5.41) is 16.0. The summed E-state index contributed by atoms with van der Waals surface area (Å²) in [6, 6.07) is 7.87. The summed E-state index contributed by atoms with van der Waals surface area (Å²) in [6.07, 6.45) is -3.20. The monoisotopic (exact) mass is 439 g/mol. The molecule has 7 nitrogen and oxygen atoms in total. The van der Waals surface area contributed by atoms with E-state index in [-0.39, 0.29) is 28.7 Å². The highest BCUT2D eigenvalue weighted by Crippen LogP contribution is 2.35. The lowest BCUT2D eigenvalue weighted by atomic mass is 10.1. The van der Waals surface area contributed by atoms with Crippen LogP contribution in [0.3, 0.4) is 0 Å². The number of alkyl halides is 3. The van der Waals surface area contributed by atoms with Gasteiger partial charge < -0.3 is 10.6 Å². The third kappa shape index (κ3) is 6.08. The van der Waals surface area contributed by atoms with Gasteiger partial charge in [0.15, 0.2) is 0 Å². The normalized spacial score (nSPS) is 10.9. The average molecular weight is 439 g/mol. The van der Waals surface area contributed by atoms with Gasteiger partial charge >= 0.3 is 6.18 Å². The number of nitrogens with zero attached hydrogens (tertiary/aromatic N) is 1. The number of nitro groups is 1. The lowest BCUT2D eigenvalue weighted by Crippen LogP contribution is -2.24. The number of hydrogen-bond acceptors (Lipinski definition) is 5. The van der Waals surface area contributed by atoms with Crippen LogP contribution in [0, 0.1) is 10.1 Å². The molecule has 0 aliphatic rings. The zero-order valence-corrected chi connectivity index (χ0v) is 16.2. The lowest BCUT2D eigenvalue weighted by Gasteiger charge is -2.13. The molecule has 0 spiro atoms. The summed E-state index contributed by atoms with van der Waals surface area (Å²) in [6.45, 7) is 3.70. The Morgan fingerprint density at radius 1 is 1.20 bits per heavy atom. The lowest BCUT2D eigenvalue weighted by molar-refractivity contribution is -0.387. The minimum atomic E-state index is -4.68. The second-order valence-electron chi connectivity index (χ2n) is 5.82. The molecule has 0 fully saturated rings. The number of amides is 2. The van der Waals surface area contributed by atoms with Gasteiger partial charge in [0.05, 0.1) is 26.8 Å². The fraction of sp³-hybridized carbons (Fsp3) is 0.158. The Morgan fingerprint density at radius 3 is 2.53 bits per heavy atom. The van der Waals surface area contributed by atoms with Gasteiger partial charge in [-0.25, -0.2) is 0 Å². The number of thioether (sulfide) groups is 1. The second kappa shape index (κ2) is 9.92. The van der Waals surface area contributed by atoms with E-state index >= 15 is 0 Å². The number of nitro benzene ring substituents is 1. The molecule has 2 amide bonds. The van der Waals surface area contributed by atoms with Crippen LogP contribution in [0.4, 0.5) is 24.5 Å². The van der Waals surface area contributed by atoms with Crippen molar-refractivity contribution in [2.24, 2.45) is 0 Å². The molecule has 0 aromatic heterocycles. The van der Waals surface area contributed by atoms with Gasteiger partial charge in [-0.15, -0.1) is 18.3 Å². The number of para-hydroxylation sites is 1. The number of hydrogen-bond donors (Lipinski definition) is 2. The molecule has 0 radical (unpaired) electrons. The van der Waals surface area contributed by atoms with Gasteiger partial charge in [-0.1, -0.05) is 18.2 Å². The first-order valence-electron chi connectivity index (χ1n) is 8.40. The molecule has 0 heterocycles. The molecule has 158 valence electrons. The second-order valence-corrected chi connectivity index (χ2v) is 6.84. The van der Waals surface area contributed by atoms with Crippen LogP contribution in [0.5, 0.6) is 0 Å². The van der Waals surface area contributed by atoms with Crippen LogP contribution in [-0.2, 0) is 11.0 Å². The van der Waals surface area contributed by atoms with Crippen LogP contribution >= 0.6 is 11.8 Å². The van der Waals surface area contributed by atoms with Crippen molar-refractivity contribution in [1.82, 2.24) is 5.32 Å². The molecule has 11 heteroatoms. The molecule has 2 aromatic rings. The summed E-state index contributed by atoms with van der Waals surface area (Å²) in [5.41, 5.74) is -2.13. The van der Waals surface area contributed by atoms with Crippen molar-refractivity contribution in [3.63, 3.8) is 0 Å². The van der Waals surface area contributed by atoms with Crippen LogP contribution in [-0.4, -0.2) is 29.0 Å². The predicted molar refractivity (Wildman–Crippen MR) is 106 cm³/mol. The van der Waals surface area contributed by atoms with E-state index in [0.717, 1.165) is 30.0 Å². The predicted octanol–water partition coefficient (Wildman–Crippen LogP) is 4.26. The van der Waals surface area contributed by atoms with Crippen molar-refractivity contribution in [1.29, 1.82) is 0 Å². The van der Waals surface area contributed by atoms with E-state index in [0.29, 0.717) is 0 Å². The van der Waals surface area contributed by atoms with Gasteiger partial charge in [0.1, 0.15) is 0 Å². The summed E-state index contributed by atoms with van der Waals surface area (Å²) in [7, 11) is 0. The van der Waals surface area contributed by atoms with E-state index in [9.17, 15) is 32.9 Å². The van der Waals surface area contributed by atoms with Crippen molar-refractivity contribution in [2.75, 3.05) is 17.6 Å². The summed E-state index contributed by atoms with van der Waals surface area (Å²) in [4.78, 5) is 34.8. The van der Waals surface area contributed by atoms with Crippen LogP contribution < -0.4 is 10.6 Å². The first-order chi connectivity index (χ1) is 14.1. The van der Waals surface area contributed by atoms with E-state index in [1.807, 2.05) is 0 Å². The molecule has 0 aliphatic carbocycles. The fourth-order valence-electron chi connectivity index (χ4n) is 2.34. The zero-order chi connectivity index (χ0) is 22.3. The Balaban J connectivity index is 2.22. The Hall–Kier alpha value is -3.34. The maximum atomic E-state index is 13.1. The smallest absolute Gasteiger partial charge is 0.352 e. The third-order valence-corrected chi connectivity index (χ3v) is 4.76. The van der Waals surface area contributed by atoms with E-state index < -0.39 is 33.9 Å². The number of benzene rings is 2. The molecule has 0 atom stereocenters. The number of anilines is 1. The highest BCUT2D eigenvalue weighted by molar-refractivity contribution is 8.00. The molecule has 0 unspecified atom stereocenters. The minimum Gasteiger partial charge on any atom is -0.352 e. The van der Waals surface area contributed by atoms with Crippen LogP contribution in [0.25, 0.3) is 0 Å². The van der Waals surface area contributed by atoms with Crippen LogP contribution in [0.15, 0.2) is 60.0 Å². The summed E-state index contributed by atoms with van der Waals surface area (Å²) >= 11 is 0.896. The molecule has 0 saturated heterocycles. The highest BCUT2D eigenvalue weighted by Gasteiger charge is 2.33. The Labute approximate surface area is 173 Å². The Bertz CT molecular complexity index is 980. The van der Waals surface area contributed by atoms with Crippen molar-refractivity contribution in [2.45, 2.75) is 11.1 Å². The molecular formula is C19H16F3N3O4S. The molecule has 0 aliphatic heterocycles. The van der Waals surface area contributed by atoms with Gasteiger partial charge in [0.25, 0.3) is 11.6 Å². The third-order valence-electron chi connectivity index (χ3n) is 3.70. The molecule has 0 bridgehead atoms. The van der Waals surface area contributed by atoms with E-state index in [2.05, 4.69) is 17.2 Å². The molecular weight excluding hydrogens is 423 g/mol. The molecule has 2 aromatic carbocycles. The average Bonchev–Trinajstić information content (AvgIpc) is 2.70. The van der Waals surface area contributed by atoms with E-state index in [1.54, 1.807) is 0 Å². The molecule has 2 N–H and O–H groups in total. The quantitative estimate of drug-likeness (QED) is 0.277. The van der Waals surface area contributed by atoms with Gasteiger partial charge in [0.2, 0.25) is 5.91 Å². The number of carbonyl (C=O) groups excluding carboxylic acids is 2. The van der Waals surface area contributed by atoms with Crippen LogP contribution in [0.1, 0.15) is 15.9 Å².